The molecule has 0 atom stereocenters. The lowest BCUT2D eigenvalue weighted by atomic mass is 10.1. The summed E-state index contributed by atoms with van der Waals surface area (Å²) in [7, 11) is 3.42. The Morgan fingerprint density at radius 3 is 1.50 bits per heavy atom. The fraction of sp³-hybridized carbons (Fsp3) is 0.400. The van der Waals surface area contributed by atoms with Gasteiger partial charge in [0, 0.05) is 87.7 Å². The second-order valence-electron chi connectivity index (χ2n) is 9.93. The molecule has 5 rings (SSSR count). The van der Waals surface area contributed by atoms with Crippen LogP contribution in [0.25, 0.3) is 21.8 Å². The molecule has 0 amide bonds. The number of aromatic nitrogens is 2. The highest BCUT2D eigenvalue weighted by Gasteiger charge is 2.17. The van der Waals surface area contributed by atoms with Gasteiger partial charge in [-0.25, -0.2) is 0 Å². The average molecular weight is 515 g/mol. The van der Waals surface area contributed by atoms with Crippen LogP contribution in [0.5, 0.6) is 11.5 Å². The van der Waals surface area contributed by atoms with Crippen molar-refractivity contribution in [2.24, 2.45) is 0 Å². The largest absolute Gasteiger partial charge is 0.497 e. The quantitative estimate of drug-likeness (QED) is 0.319. The number of aryl methyl sites for hydroxylation is 2. The summed E-state index contributed by atoms with van der Waals surface area (Å²) in [5.74, 6) is 1.71. The normalized spacial score (nSPS) is 14.6. The number of piperazine rings is 1. The van der Waals surface area contributed by atoms with E-state index in [0.29, 0.717) is 0 Å². The number of fused-ring (bicyclic) bond motifs is 2. The highest BCUT2D eigenvalue weighted by molar-refractivity contribution is 5.94. The van der Waals surface area contributed by atoms with Crippen molar-refractivity contribution in [3.05, 3.63) is 59.9 Å². The van der Waals surface area contributed by atoms with Crippen molar-refractivity contribution >= 4 is 33.2 Å². The molecule has 8 nitrogen and oxygen atoms in total. The Bertz CT molecular complexity index is 1290. The second-order valence-corrected chi connectivity index (χ2v) is 9.93. The zero-order valence-electron chi connectivity index (χ0n) is 22.9. The third-order valence-electron chi connectivity index (χ3n) is 7.50. The second kappa shape index (κ2) is 11.8. The van der Waals surface area contributed by atoms with Gasteiger partial charge in [0.15, 0.2) is 0 Å². The zero-order chi connectivity index (χ0) is 26.5. The van der Waals surface area contributed by atoms with Gasteiger partial charge in [0.1, 0.15) is 11.5 Å². The van der Waals surface area contributed by atoms with Gasteiger partial charge in [-0.1, -0.05) is 0 Å². The molecule has 2 aromatic carbocycles. The van der Waals surface area contributed by atoms with Crippen molar-refractivity contribution in [1.82, 2.24) is 19.8 Å². The maximum absolute atomic E-state index is 5.53. The first-order valence-electron chi connectivity index (χ1n) is 13.3. The Morgan fingerprint density at radius 2 is 1.11 bits per heavy atom. The number of pyridine rings is 2. The van der Waals surface area contributed by atoms with Gasteiger partial charge >= 0.3 is 0 Å². The van der Waals surface area contributed by atoms with Crippen molar-refractivity contribution in [2.45, 2.75) is 13.8 Å². The van der Waals surface area contributed by atoms with Crippen LogP contribution in [0.1, 0.15) is 11.1 Å². The molecule has 1 aliphatic rings. The molecule has 2 N–H and O–H groups in total. The van der Waals surface area contributed by atoms with Crippen LogP contribution in [0.15, 0.2) is 48.8 Å². The maximum Gasteiger partial charge on any atom is 0.121 e. The summed E-state index contributed by atoms with van der Waals surface area (Å²) in [6.45, 7) is 12.2. The van der Waals surface area contributed by atoms with Crippen molar-refractivity contribution in [3.63, 3.8) is 0 Å². The number of ether oxygens (including phenoxy) is 2. The number of rotatable bonds is 10. The molecule has 8 heteroatoms. The first-order chi connectivity index (χ1) is 18.6. The third kappa shape index (κ3) is 5.76. The summed E-state index contributed by atoms with van der Waals surface area (Å²) in [6, 6.07) is 12.3. The Morgan fingerprint density at radius 1 is 0.684 bits per heavy atom. The van der Waals surface area contributed by atoms with Crippen molar-refractivity contribution < 1.29 is 9.47 Å². The zero-order valence-corrected chi connectivity index (χ0v) is 22.9. The lowest BCUT2D eigenvalue weighted by Gasteiger charge is -2.34. The summed E-state index contributed by atoms with van der Waals surface area (Å²) in [6.07, 6.45) is 3.75. The molecule has 0 spiro atoms. The van der Waals surface area contributed by atoms with Gasteiger partial charge in [-0.15, -0.1) is 0 Å². The molecular formula is C30H38N6O2. The van der Waals surface area contributed by atoms with Crippen molar-refractivity contribution in [1.29, 1.82) is 0 Å². The van der Waals surface area contributed by atoms with Gasteiger partial charge in [0.2, 0.25) is 0 Å². The molecule has 0 saturated carbocycles. The van der Waals surface area contributed by atoms with Crippen molar-refractivity contribution in [3.8, 4) is 11.5 Å². The number of methoxy groups -OCH3 is 2. The predicted molar refractivity (Wildman–Crippen MR) is 156 cm³/mol. The maximum atomic E-state index is 5.53. The Kier molecular flexibility index (Phi) is 8.10. The van der Waals surface area contributed by atoms with E-state index in [4.69, 9.17) is 9.47 Å². The van der Waals surface area contributed by atoms with Gasteiger partial charge in [-0.3, -0.25) is 19.8 Å². The van der Waals surface area contributed by atoms with Crippen LogP contribution in [0.4, 0.5) is 11.4 Å². The van der Waals surface area contributed by atoms with E-state index in [1.165, 1.54) is 11.1 Å². The number of hydrogen-bond acceptors (Lipinski definition) is 8. The molecular weight excluding hydrogens is 476 g/mol. The molecule has 1 aliphatic heterocycles. The molecule has 38 heavy (non-hydrogen) atoms. The number of anilines is 2. The predicted octanol–water partition coefficient (Wildman–Crippen LogP) is 4.56. The Hall–Kier alpha value is -3.62. The van der Waals surface area contributed by atoms with Gasteiger partial charge in [-0.05, 0) is 49.2 Å². The van der Waals surface area contributed by atoms with Crippen LogP contribution in [0.2, 0.25) is 0 Å². The fourth-order valence-electron chi connectivity index (χ4n) is 5.16. The first kappa shape index (κ1) is 26.0. The van der Waals surface area contributed by atoms with E-state index in [-0.39, 0.29) is 0 Å². The Labute approximate surface area is 225 Å². The number of nitrogens with one attached hydrogen (secondary N) is 2. The minimum atomic E-state index is 0.853. The van der Waals surface area contributed by atoms with E-state index in [9.17, 15) is 0 Å². The van der Waals surface area contributed by atoms with E-state index in [2.05, 4.69) is 56.4 Å². The number of hydrogen-bond donors (Lipinski definition) is 2. The number of benzene rings is 2. The first-order valence-corrected chi connectivity index (χ1v) is 13.3. The van der Waals surface area contributed by atoms with E-state index in [1.54, 1.807) is 14.2 Å². The molecule has 2 aromatic heterocycles. The van der Waals surface area contributed by atoms with Crippen LogP contribution >= 0.6 is 0 Å². The van der Waals surface area contributed by atoms with Gasteiger partial charge < -0.3 is 20.1 Å². The molecule has 3 heterocycles. The third-order valence-corrected chi connectivity index (χ3v) is 7.50. The van der Waals surface area contributed by atoms with E-state index >= 15 is 0 Å². The van der Waals surface area contributed by atoms with Gasteiger partial charge in [0.25, 0.3) is 0 Å². The SMILES string of the molecule is COc1cc(NCCN2CCN(CCNc3cc(OC)cc4c(C)ccnc34)CC2)c2nccc(C)c2c1. The molecule has 200 valence electrons. The average Bonchev–Trinajstić information content (AvgIpc) is 2.94. The fourth-order valence-corrected chi connectivity index (χ4v) is 5.16. The van der Waals surface area contributed by atoms with Crippen molar-refractivity contribution in [2.75, 3.05) is 77.2 Å². The van der Waals surface area contributed by atoms with Crippen LogP contribution in [-0.2, 0) is 0 Å². The van der Waals surface area contributed by atoms with E-state index < -0.39 is 0 Å². The summed E-state index contributed by atoms with van der Waals surface area (Å²) >= 11 is 0. The van der Waals surface area contributed by atoms with Gasteiger partial charge in [-0.2, -0.15) is 0 Å². The van der Waals surface area contributed by atoms with Crippen LogP contribution in [-0.4, -0.2) is 86.3 Å². The molecule has 1 fully saturated rings. The molecule has 0 bridgehead atoms. The number of nitrogens with zero attached hydrogens (tertiary/aromatic N) is 4. The van der Waals surface area contributed by atoms with Crippen LogP contribution < -0.4 is 20.1 Å². The summed E-state index contributed by atoms with van der Waals surface area (Å²) in [5.41, 5.74) is 6.46. The molecule has 0 radical (unpaired) electrons. The Balaban J connectivity index is 1.10. The van der Waals surface area contributed by atoms with E-state index in [0.717, 1.165) is 97.0 Å². The minimum absolute atomic E-state index is 0.853. The minimum Gasteiger partial charge on any atom is -0.497 e. The standard InChI is InChI=1S/C30H38N6O2/c1-21-5-7-33-29-25(21)17-23(37-3)19-27(29)31-9-11-35-13-15-36(16-14-35)12-10-32-28-20-24(38-4)18-26-22(2)6-8-34-30(26)28/h5-8,17-20,31-32H,9-16H2,1-4H3. The summed E-state index contributed by atoms with van der Waals surface area (Å²) in [4.78, 5) is 14.3. The van der Waals surface area contributed by atoms with E-state index in [1.807, 2.05) is 36.7 Å². The molecule has 0 aliphatic carbocycles. The molecule has 4 aromatic rings. The molecule has 0 unspecified atom stereocenters. The monoisotopic (exact) mass is 514 g/mol. The van der Waals surface area contributed by atoms with Crippen LogP contribution in [0, 0.1) is 13.8 Å². The summed E-state index contributed by atoms with van der Waals surface area (Å²) < 4.78 is 11.1. The molecule has 1 saturated heterocycles. The highest BCUT2D eigenvalue weighted by atomic mass is 16.5. The lowest BCUT2D eigenvalue weighted by Crippen LogP contribution is -2.48. The lowest BCUT2D eigenvalue weighted by molar-refractivity contribution is 0.140. The smallest absolute Gasteiger partial charge is 0.121 e. The van der Waals surface area contributed by atoms with Gasteiger partial charge in [0.05, 0.1) is 36.6 Å². The topological polar surface area (TPSA) is 74.8 Å². The summed E-state index contributed by atoms with van der Waals surface area (Å²) in [5, 5.41) is 9.47. The van der Waals surface area contributed by atoms with Crippen LogP contribution in [0.3, 0.4) is 0 Å². The highest BCUT2D eigenvalue weighted by Crippen LogP contribution is 2.30.